The number of ether oxygens (including phenoxy) is 1. The molecule has 4 rings (SSSR count). The number of halogens is 5. The predicted octanol–water partition coefficient (Wildman–Crippen LogP) is 3.30. The Kier molecular flexibility index (Phi) is 7.30. The first kappa shape index (κ1) is 27.0. The fourth-order valence-electron chi connectivity index (χ4n) is 4.38. The molecule has 2 saturated heterocycles. The van der Waals surface area contributed by atoms with E-state index in [0.717, 1.165) is 23.3 Å². The highest BCUT2D eigenvalue weighted by Gasteiger charge is 2.43. The third-order valence-electron chi connectivity index (χ3n) is 6.42. The smallest absolute Gasteiger partial charge is 0.381 e. The van der Waals surface area contributed by atoms with Crippen molar-refractivity contribution >= 4 is 21.7 Å². The number of carbonyl (C=O) groups excluding carboxylic acids is 2. The van der Waals surface area contributed by atoms with Crippen LogP contribution in [0.1, 0.15) is 33.9 Å². The lowest BCUT2D eigenvalue weighted by Gasteiger charge is -2.36. The van der Waals surface area contributed by atoms with Crippen LogP contribution in [0, 0.1) is 11.7 Å². The molecule has 7 nitrogen and oxygen atoms in total. The van der Waals surface area contributed by atoms with Crippen LogP contribution in [0.5, 0.6) is 0 Å². The van der Waals surface area contributed by atoms with Crippen molar-refractivity contribution in [1.82, 2.24) is 10.2 Å². The quantitative estimate of drug-likeness (QED) is 0.562. The summed E-state index contributed by atoms with van der Waals surface area (Å²) < 4.78 is 96.9. The van der Waals surface area contributed by atoms with E-state index < -0.39 is 69.9 Å². The maximum Gasteiger partial charge on any atom is 0.416 e. The zero-order valence-corrected chi connectivity index (χ0v) is 20.3. The zero-order valence-electron chi connectivity index (χ0n) is 19.5. The van der Waals surface area contributed by atoms with Gasteiger partial charge in [0.05, 0.1) is 36.3 Å². The van der Waals surface area contributed by atoms with Crippen molar-refractivity contribution in [2.24, 2.45) is 5.92 Å². The monoisotopic (exact) mass is 546 g/mol. The van der Waals surface area contributed by atoms with Gasteiger partial charge in [-0.1, -0.05) is 12.1 Å². The van der Waals surface area contributed by atoms with Gasteiger partial charge in [-0.15, -0.1) is 0 Å². The molecule has 0 bridgehead atoms. The SMILES string of the molecule is CS(=O)(=O)c1cccc(C(=O)N2C[C@@H](F)C[C@@H]2C(=O)N[C@@H](c2ccc(C(F)(F)F)cc2F)C2COC2)c1. The highest BCUT2D eigenvalue weighted by molar-refractivity contribution is 7.90. The van der Waals surface area contributed by atoms with Crippen molar-refractivity contribution in [3.8, 4) is 0 Å². The summed E-state index contributed by atoms with van der Waals surface area (Å²) in [6.45, 7) is -0.197. The molecule has 3 atom stereocenters. The Balaban J connectivity index is 1.59. The fourth-order valence-corrected chi connectivity index (χ4v) is 5.05. The predicted molar refractivity (Wildman–Crippen MR) is 120 cm³/mol. The van der Waals surface area contributed by atoms with E-state index in [-0.39, 0.29) is 35.7 Å². The minimum absolute atomic E-state index is 0.0625. The van der Waals surface area contributed by atoms with E-state index in [1.54, 1.807) is 0 Å². The van der Waals surface area contributed by atoms with Crippen molar-refractivity contribution in [3.05, 3.63) is 65.0 Å². The van der Waals surface area contributed by atoms with Gasteiger partial charge in [-0.2, -0.15) is 13.2 Å². The molecule has 2 heterocycles. The number of sulfone groups is 1. The fraction of sp³-hybridized carbons (Fsp3) is 0.417. The van der Waals surface area contributed by atoms with E-state index in [4.69, 9.17) is 4.74 Å². The molecule has 0 unspecified atom stereocenters. The number of rotatable bonds is 6. The zero-order chi connectivity index (χ0) is 27.1. The van der Waals surface area contributed by atoms with Crippen LogP contribution in [-0.2, 0) is 25.5 Å². The van der Waals surface area contributed by atoms with Gasteiger partial charge in [0.15, 0.2) is 9.84 Å². The highest BCUT2D eigenvalue weighted by atomic mass is 32.2. The normalized spacial score (nSPS) is 21.4. The topological polar surface area (TPSA) is 92.8 Å². The van der Waals surface area contributed by atoms with Crippen molar-refractivity contribution in [1.29, 1.82) is 0 Å². The Morgan fingerprint density at radius 3 is 2.41 bits per heavy atom. The molecule has 2 aromatic rings. The lowest BCUT2D eigenvalue weighted by atomic mass is 9.90. The summed E-state index contributed by atoms with van der Waals surface area (Å²) in [6.07, 6.45) is -5.70. The van der Waals surface area contributed by atoms with E-state index in [2.05, 4.69) is 5.32 Å². The minimum atomic E-state index is -4.76. The average molecular weight is 547 g/mol. The van der Waals surface area contributed by atoms with Gasteiger partial charge in [-0.05, 0) is 30.3 Å². The largest absolute Gasteiger partial charge is 0.416 e. The number of hydrogen-bond donors (Lipinski definition) is 1. The summed E-state index contributed by atoms with van der Waals surface area (Å²) in [7, 11) is -3.63. The molecule has 2 amide bonds. The van der Waals surface area contributed by atoms with E-state index in [1.165, 1.54) is 18.2 Å². The molecule has 0 radical (unpaired) electrons. The summed E-state index contributed by atoms with van der Waals surface area (Å²) in [5, 5.41) is 2.57. The summed E-state index contributed by atoms with van der Waals surface area (Å²) in [5.74, 6) is -3.21. The number of carbonyl (C=O) groups is 2. The van der Waals surface area contributed by atoms with Crippen LogP contribution in [0.2, 0.25) is 0 Å². The first-order valence-corrected chi connectivity index (χ1v) is 13.1. The molecular weight excluding hydrogens is 523 g/mol. The first-order valence-electron chi connectivity index (χ1n) is 11.3. The van der Waals surface area contributed by atoms with Crippen molar-refractivity contribution in [2.45, 2.75) is 35.7 Å². The Morgan fingerprint density at radius 1 is 1.14 bits per heavy atom. The number of alkyl halides is 4. The first-order chi connectivity index (χ1) is 17.3. The van der Waals surface area contributed by atoms with Crippen LogP contribution in [-0.4, -0.2) is 63.4 Å². The molecule has 0 aliphatic carbocycles. The third kappa shape index (κ3) is 5.77. The van der Waals surface area contributed by atoms with E-state index in [9.17, 15) is 40.0 Å². The Labute approximate surface area is 209 Å². The van der Waals surface area contributed by atoms with Crippen LogP contribution in [0.4, 0.5) is 22.0 Å². The van der Waals surface area contributed by atoms with Crippen molar-refractivity contribution in [2.75, 3.05) is 26.0 Å². The molecule has 1 N–H and O–H groups in total. The van der Waals surface area contributed by atoms with E-state index in [1.807, 2.05) is 0 Å². The van der Waals surface area contributed by atoms with Crippen molar-refractivity contribution < 1.29 is 44.7 Å². The second-order valence-electron chi connectivity index (χ2n) is 9.12. The van der Waals surface area contributed by atoms with Crippen LogP contribution in [0.15, 0.2) is 47.4 Å². The molecular formula is C24H23F5N2O5S. The lowest BCUT2D eigenvalue weighted by molar-refractivity contribution is -0.138. The number of benzene rings is 2. The second kappa shape index (κ2) is 10.0. The van der Waals surface area contributed by atoms with Gasteiger partial charge in [0, 0.05) is 29.7 Å². The van der Waals surface area contributed by atoms with Gasteiger partial charge in [-0.25, -0.2) is 17.2 Å². The molecule has 0 saturated carbocycles. The Morgan fingerprint density at radius 2 is 1.84 bits per heavy atom. The molecule has 0 spiro atoms. The van der Waals surface area contributed by atoms with Crippen LogP contribution in [0.25, 0.3) is 0 Å². The number of likely N-dealkylation sites (tertiary alicyclic amines) is 1. The molecule has 2 aromatic carbocycles. The van der Waals surface area contributed by atoms with Gasteiger partial charge < -0.3 is 15.0 Å². The molecule has 2 aliphatic rings. The summed E-state index contributed by atoms with van der Waals surface area (Å²) in [5.41, 5.74) is -1.44. The summed E-state index contributed by atoms with van der Waals surface area (Å²) >= 11 is 0. The number of amides is 2. The van der Waals surface area contributed by atoms with Gasteiger partial charge in [0.2, 0.25) is 5.91 Å². The number of nitrogens with zero attached hydrogens (tertiary/aromatic N) is 1. The Hall–Kier alpha value is -3.06. The maximum absolute atomic E-state index is 14.7. The molecule has 200 valence electrons. The molecule has 2 aliphatic heterocycles. The van der Waals surface area contributed by atoms with Crippen LogP contribution >= 0.6 is 0 Å². The third-order valence-corrected chi connectivity index (χ3v) is 7.53. The minimum Gasteiger partial charge on any atom is -0.381 e. The van der Waals surface area contributed by atoms with E-state index >= 15 is 0 Å². The molecule has 0 aromatic heterocycles. The molecule has 2 fully saturated rings. The molecule has 37 heavy (non-hydrogen) atoms. The lowest BCUT2D eigenvalue weighted by Crippen LogP contribution is -2.50. The summed E-state index contributed by atoms with van der Waals surface area (Å²) in [4.78, 5) is 27.2. The van der Waals surface area contributed by atoms with E-state index in [0.29, 0.717) is 12.1 Å². The maximum atomic E-state index is 14.7. The number of nitrogens with one attached hydrogen (secondary N) is 1. The van der Waals surface area contributed by atoms with Crippen LogP contribution < -0.4 is 5.32 Å². The van der Waals surface area contributed by atoms with Gasteiger partial charge >= 0.3 is 6.18 Å². The standard InChI is InChI=1S/C24H23F5N2O5S/c1-37(34,35)17-4-2-3-13(7-17)23(33)31-10-16(25)9-20(31)22(32)30-21(14-11-36-12-14)18-6-5-15(8-19(18)26)24(27,28)29/h2-8,14,16,20-21H,9-12H2,1H3,(H,30,32)/t16-,20+,21+/m0/s1. The van der Waals surface area contributed by atoms with Crippen LogP contribution in [0.3, 0.4) is 0 Å². The second-order valence-corrected chi connectivity index (χ2v) is 11.1. The Bertz CT molecular complexity index is 1310. The van der Waals surface area contributed by atoms with Gasteiger partial charge in [-0.3, -0.25) is 9.59 Å². The number of hydrogen-bond acceptors (Lipinski definition) is 5. The molecule has 13 heteroatoms. The average Bonchev–Trinajstić information content (AvgIpc) is 3.17. The van der Waals surface area contributed by atoms with Gasteiger partial charge in [0.1, 0.15) is 18.0 Å². The highest BCUT2D eigenvalue weighted by Crippen LogP contribution is 2.35. The van der Waals surface area contributed by atoms with Gasteiger partial charge in [0.25, 0.3) is 5.91 Å². The summed E-state index contributed by atoms with van der Waals surface area (Å²) in [6, 6.07) is 4.71. The van der Waals surface area contributed by atoms with Crippen molar-refractivity contribution in [3.63, 3.8) is 0 Å².